The molecule has 0 unspecified atom stereocenters. The molecule has 0 bridgehead atoms. The summed E-state index contributed by atoms with van der Waals surface area (Å²) in [5.41, 5.74) is 3.12. The van der Waals surface area contributed by atoms with Gasteiger partial charge in [0.1, 0.15) is 0 Å². The molecule has 1 fully saturated rings. The van der Waals surface area contributed by atoms with Crippen LogP contribution in [0, 0.1) is 0 Å². The molecule has 0 saturated carbocycles. The smallest absolute Gasteiger partial charge is 0.231 e. The zero-order valence-electron chi connectivity index (χ0n) is 15.1. The first-order valence-corrected chi connectivity index (χ1v) is 8.91. The van der Waals surface area contributed by atoms with Gasteiger partial charge in [0, 0.05) is 36.7 Å². The maximum atomic E-state index is 10.8. The molecule has 5 atom stereocenters. The molecule has 1 aromatic rings. The van der Waals surface area contributed by atoms with Crippen molar-refractivity contribution in [3.8, 4) is 17.2 Å². The van der Waals surface area contributed by atoms with Crippen LogP contribution in [0.5, 0.6) is 17.2 Å². The van der Waals surface area contributed by atoms with E-state index in [0.717, 1.165) is 24.1 Å². The first-order valence-electron chi connectivity index (χ1n) is 8.91. The molecule has 140 valence electrons. The summed E-state index contributed by atoms with van der Waals surface area (Å²) in [6.45, 7) is 1.13. The SMILES string of the molecule is COc1c2c(cc3c1[C@@H]1[C@H](O[C@@H]3OC)[C@@H](O)C=C3CCN(C)[C@H]31)OCO2. The van der Waals surface area contributed by atoms with Crippen LogP contribution in [0.3, 0.4) is 0 Å². The highest BCUT2D eigenvalue weighted by atomic mass is 16.7. The van der Waals surface area contributed by atoms with E-state index in [1.54, 1.807) is 14.2 Å². The van der Waals surface area contributed by atoms with E-state index in [1.165, 1.54) is 5.57 Å². The number of ether oxygens (including phenoxy) is 5. The van der Waals surface area contributed by atoms with Crippen molar-refractivity contribution in [2.24, 2.45) is 0 Å². The zero-order valence-corrected chi connectivity index (χ0v) is 15.1. The topological polar surface area (TPSA) is 69.6 Å². The van der Waals surface area contributed by atoms with E-state index in [2.05, 4.69) is 11.9 Å². The number of aliphatic hydroxyl groups is 1. The average molecular weight is 361 g/mol. The van der Waals surface area contributed by atoms with Crippen LogP contribution < -0.4 is 14.2 Å². The van der Waals surface area contributed by atoms with Crippen LogP contribution in [0.2, 0.25) is 0 Å². The summed E-state index contributed by atoms with van der Waals surface area (Å²) in [5.74, 6) is 1.84. The van der Waals surface area contributed by atoms with Gasteiger partial charge < -0.3 is 28.8 Å². The van der Waals surface area contributed by atoms with E-state index in [0.29, 0.717) is 17.2 Å². The third kappa shape index (κ3) is 2.08. The Labute approximate surface area is 152 Å². The van der Waals surface area contributed by atoms with Crippen LogP contribution in [0.4, 0.5) is 0 Å². The molecular formula is C19H23NO6. The Bertz CT molecular complexity index is 778. The second-order valence-electron chi connectivity index (χ2n) is 7.25. The van der Waals surface area contributed by atoms with E-state index in [-0.39, 0.29) is 18.8 Å². The van der Waals surface area contributed by atoms with Gasteiger partial charge in [0.05, 0.1) is 19.3 Å². The average Bonchev–Trinajstić information content (AvgIpc) is 3.25. The number of nitrogens with zero attached hydrogens (tertiary/aromatic N) is 1. The lowest BCUT2D eigenvalue weighted by molar-refractivity contribution is -0.200. The van der Waals surface area contributed by atoms with E-state index in [1.807, 2.05) is 12.1 Å². The minimum Gasteiger partial charge on any atom is -0.492 e. The third-order valence-electron chi connectivity index (χ3n) is 6.00. The molecule has 1 aliphatic carbocycles. The van der Waals surface area contributed by atoms with Crippen molar-refractivity contribution in [2.75, 3.05) is 34.6 Å². The highest BCUT2D eigenvalue weighted by molar-refractivity contribution is 5.63. The molecule has 7 heteroatoms. The summed E-state index contributed by atoms with van der Waals surface area (Å²) < 4.78 is 28.8. The first kappa shape index (κ1) is 16.4. The molecule has 26 heavy (non-hydrogen) atoms. The number of rotatable bonds is 2. The Morgan fingerprint density at radius 2 is 2.12 bits per heavy atom. The van der Waals surface area contributed by atoms with Gasteiger partial charge in [-0.3, -0.25) is 4.90 Å². The predicted octanol–water partition coefficient (Wildman–Crippen LogP) is 1.56. The minimum absolute atomic E-state index is 0.0663. The molecule has 7 nitrogen and oxygen atoms in total. The Kier molecular flexibility index (Phi) is 3.69. The number of fused-ring (bicyclic) bond motifs is 6. The number of methoxy groups -OCH3 is 2. The van der Waals surface area contributed by atoms with Crippen LogP contribution in [0.25, 0.3) is 0 Å². The van der Waals surface area contributed by atoms with Gasteiger partial charge in [-0.05, 0) is 19.5 Å². The van der Waals surface area contributed by atoms with Crippen molar-refractivity contribution >= 4 is 0 Å². The second-order valence-corrected chi connectivity index (χ2v) is 7.25. The molecule has 1 saturated heterocycles. The van der Waals surface area contributed by atoms with Crippen LogP contribution in [-0.4, -0.2) is 62.9 Å². The van der Waals surface area contributed by atoms with E-state index >= 15 is 0 Å². The van der Waals surface area contributed by atoms with Gasteiger partial charge in [-0.25, -0.2) is 0 Å². The first-order chi connectivity index (χ1) is 12.6. The van der Waals surface area contributed by atoms with Crippen molar-refractivity contribution in [1.82, 2.24) is 4.90 Å². The Morgan fingerprint density at radius 1 is 1.27 bits per heavy atom. The number of likely N-dealkylation sites (N-methyl/N-ethyl adjacent to an activating group) is 1. The maximum absolute atomic E-state index is 10.8. The van der Waals surface area contributed by atoms with Gasteiger partial charge in [0.2, 0.25) is 12.5 Å². The van der Waals surface area contributed by atoms with Gasteiger partial charge in [-0.2, -0.15) is 0 Å². The zero-order chi connectivity index (χ0) is 18.0. The quantitative estimate of drug-likeness (QED) is 0.802. The van der Waals surface area contributed by atoms with E-state index in [4.69, 9.17) is 23.7 Å². The second kappa shape index (κ2) is 5.85. The molecule has 3 heterocycles. The number of benzene rings is 1. The fraction of sp³-hybridized carbons (Fsp3) is 0.579. The molecule has 0 radical (unpaired) electrons. The molecule has 0 aromatic heterocycles. The summed E-state index contributed by atoms with van der Waals surface area (Å²) in [7, 11) is 5.35. The van der Waals surface area contributed by atoms with E-state index < -0.39 is 18.5 Å². The molecule has 0 amide bonds. The standard InChI is InChI=1S/C19H23NO6/c1-20-5-4-9-6-11(21)16-14(15(9)20)13-10(19(23-3)26-16)7-12-17(18(13)22-2)25-8-24-12/h6-7,11,14-16,19,21H,4-5,8H2,1-3H3/t11-,14-,15+,16+,19-/m0/s1. The van der Waals surface area contributed by atoms with Crippen molar-refractivity contribution in [1.29, 1.82) is 0 Å². The predicted molar refractivity (Wildman–Crippen MR) is 91.6 cm³/mol. The van der Waals surface area contributed by atoms with Crippen LogP contribution in [0.1, 0.15) is 29.8 Å². The fourth-order valence-corrected chi connectivity index (χ4v) is 4.94. The van der Waals surface area contributed by atoms with Gasteiger partial charge in [-0.15, -0.1) is 0 Å². The summed E-state index contributed by atoms with van der Waals surface area (Å²) in [4.78, 5) is 2.32. The lowest BCUT2D eigenvalue weighted by Gasteiger charge is -2.46. The fourth-order valence-electron chi connectivity index (χ4n) is 4.94. The minimum atomic E-state index is -0.682. The number of likely N-dealkylation sites (tertiary alicyclic amines) is 1. The maximum Gasteiger partial charge on any atom is 0.231 e. The lowest BCUT2D eigenvalue weighted by atomic mass is 9.73. The summed E-state index contributed by atoms with van der Waals surface area (Å²) in [6.07, 6.45) is 1.23. The summed E-state index contributed by atoms with van der Waals surface area (Å²) >= 11 is 0. The van der Waals surface area contributed by atoms with E-state index in [9.17, 15) is 5.11 Å². The highest BCUT2D eigenvalue weighted by Gasteiger charge is 2.52. The molecule has 5 rings (SSSR count). The molecule has 3 aliphatic heterocycles. The number of hydrogen-bond acceptors (Lipinski definition) is 7. The normalized spacial score (nSPS) is 34.8. The molecule has 0 spiro atoms. The van der Waals surface area contributed by atoms with Crippen molar-refractivity contribution in [3.05, 3.63) is 28.8 Å². The number of aliphatic hydroxyl groups excluding tert-OH is 1. The van der Waals surface area contributed by atoms with Crippen molar-refractivity contribution in [3.63, 3.8) is 0 Å². The van der Waals surface area contributed by atoms with Gasteiger partial charge in [0.25, 0.3) is 0 Å². The molecule has 1 aromatic carbocycles. The molecule has 4 aliphatic rings. The van der Waals surface area contributed by atoms with Crippen LogP contribution >= 0.6 is 0 Å². The molecular weight excluding hydrogens is 338 g/mol. The summed E-state index contributed by atoms with van der Waals surface area (Å²) in [6, 6.07) is 2.08. The van der Waals surface area contributed by atoms with Gasteiger partial charge >= 0.3 is 0 Å². The third-order valence-corrected chi connectivity index (χ3v) is 6.00. The molecule has 1 N–H and O–H groups in total. The van der Waals surface area contributed by atoms with Gasteiger partial charge in [0.15, 0.2) is 17.8 Å². The monoisotopic (exact) mass is 361 g/mol. The van der Waals surface area contributed by atoms with Crippen LogP contribution in [-0.2, 0) is 9.47 Å². The Balaban J connectivity index is 1.75. The summed E-state index contributed by atoms with van der Waals surface area (Å²) in [5, 5.41) is 10.8. The largest absolute Gasteiger partial charge is 0.492 e. The highest BCUT2D eigenvalue weighted by Crippen LogP contribution is 2.56. The lowest BCUT2D eigenvalue weighted by Crippen LogP contribution is -2.50. The van der Waals surface area contributed by atoms with Gasteiger partial charge in [-0.1, -0.05) is 11.6 Å². The number of hydrogen-bond donors (Lipinski definition) is 1. The van der Waals surface area contributed by atoms with Crippen molar-refractivity contribution in [2.45, 2.75) is 36.9 Å². The van der Waals surface area contributed by atoms with Crippen LogP contribution in [0.15, 0.2) is 17.7 Å². The Morgan fingerprint density at radius 3 is 2.88 bits per heavy atom. The van der Waals surface area contributed by atoms with Crippen molar-refractivity contribution < 1.29 is 28.8 Å². The Hall–Kier alpha value is -1.80.